The first-order chi connectivity index (χ1) is 7.50. The highest BCUT2D eigenvalue weighted by atomic mass is 127. The maximum atomic E-state index is 11.9. The molecule has 16 heavy (non-hydrogen) atoms. The van der Waals surface area contributed by atoms with E-state index in [1.165, 1.54) is 4.31 Å². The topological polar surface area (TPSA) is 37.4 Å². The van der Waals surface area contributed by atoms with E-state index in [1.807, 2.05) is 0 Å². The van der Waals surface area contributed by atoms with Gasteiger partial charge in [0.2, 0.25) is 10.0 Å². The summed E-state index contributed by atoms with van der Waals surface area (Å²) < 4.78 is 26.2. The fraction of sp³-hybridized carbons (Fsp3) is 0.400. The molecule has 0 aliphatic carbocycles. The van der Waals surface area contributed by atoms with Gasteiger partial charge in [-0.15, -0.1) is 0 Å². The minimum atomic E-state index is -3.13. The predicted molar refractivity (Wildman–Crippen MR) is 74.5 cm³/mol. The summed E-state index contributed by atoms with van der Waals surface area (Å²) >= 11 is 7.97. The van der Waals surface area contributed by atoms with Gasteiger partial charge in [0.25, 0.3) is 0 Å². The second kappa shape index (κ2) is 4.70. The minimum absolute atomic E-state index is 0.242. The molecule has 0 N–H and O–H groups in total. The predicted octanol–water partition coefficient (Wildman–Crippen LogP) is 2.87. The van der Waals surface area contributed by atoms with E-state index < -0.39 is 10.0 Å². The van der Waals surface area contributed by atoms with Crippen molar-refractivity contribution >= 4 is 49.9 Å². The third-order valence-electron chi connectivity index (χ3n) is 2.53. The molecular formula is C10H11ClINO2S. The van der Waals surface area contributed by atoms with Gasteiger partial charge in [-0.2, -0.15) is 0 Å². The average molecular weight is 372 g/mol. The number of nitrogens with zero attached hydrogens (tertiary/aromatic N) is 1. The van der Waals surface area contributed by atoms with Gasteiger partial charge in [-0.25, -0.2) is 8.42 Å². The van der Waals surface area contributed by atoms with E-state index in [1.54, 1.807) is 18.2 Å². The van der Waals surface area contributed by atoms with Gasteiger partial charge >= 0.3 is 0 Å². The summed E-state index contributed by atoms with van der Waals surface area (Å²) in [5.41, 5.74) is 0.740. The number of anilines is 1. The van der Waals surface area contributed by atoms with Crippen molar-refractivity contribution in [1.82, 2.24) is 0 Å². The van der Waals surface area contributed by atoms with Crippen LogP contribution in [0.2, 0.25) is 5.02 Å². The van der Waals surface area contributed by atoms with Crippen molar-refractivity contribution in [3.8, 4) is 0 Å². The summed E-state index contributed by atoms with van der Waals surface area (Å²) in [7, 11) is -3.13. The largest absolute Gasteiger partial charge is 0.269 e. The number of sulfonamides is 1. The van der Waals surface area contributed by atoms with E-state index in [0.29, 0.717) is 11.6 Å². The highest BCUT2D eigenvalue weighted by Gasteiger charge is 2.27. The Labute approximate surface area is 114 Å². The first-order valence-electron chi connectivity index (χ1n) is 4.96. The summed E-state index contributed by atoms with van der Waals surface area (Å²) in [5, 5.41) is 0.627. The Kier molecular flexibility index (Phi) is 3.65. The molecule has 2 rings (SSSR count). The summed E-state index contributed by atoms with van der Waals surface area (Å²) in [5.74, 6) is 0.242. The molecule has 3 nitrogen and oxygen atoms in total. The zero-order chi connectivity index (χ0) is 11.8. The van der Waals surface area contributed by atoms with Crippen LogP contribution in [0.15, 0.2) is 18.2 Å². The summed E-state index contributed by atoms with van der Waals surface area (Å²) in [6.45, 7) is 0.569. The molecule has 0 bridgehead atoms. The number of halogens is 2. The van der Waals surface area contributed by atoms with E-state index in [2.05, 4.69) is 22.6 Å². The fourth-order valence-electron chi connectivity index (χ4n) is 1.74. The molecular weight excluding hydrogens is 361 g/mol. The van der Waals surface area contributed by atoms with Crippen LogP contribution < -0.4 is 4.31 Å². The molecule has 1 heterocycles. The van der Waals surface area contributed by atoms with Crippen LogP contribution in [0, 0.1) is 3.57 Å². The Bertz CT molecular complexity index is 504. The lowest BCUT2D eigenvalue weighted by atomic mass is 10.3. The zero-order valence-electron chi connectivity index (χ0n) is 8.49. The maximum Gasteiger partial charge on any atom is 0.235 e. The second-order valence-corrected chi connectivity index (χ2v) is 7.30. The standard InChI is InChI=1S/C10H11ClINO2S/c11-8-3-4-10(9(12)7-8)13-5-1-2-6-16(13,14)15/h3-4,7H,1-2,5-6H2. The summed E-state index contributed by atoms with van der Waals surface area (Å²) in [6.07, 6.45) is 1.67. The van der Waals surface area contributed by atoms with Gasteiger partial charge in [0, 0.05) is 15.1 Å². The van der Waals surface area contributed by atoms with Crippen molar-refractivity contribution in [1.29, 1.82) is 0 Å². The van der Waals surface area contributed by atoms with E-state index >= 15 is 0 Å². The molecule has 0 spiro atoms. The third kappa shape index (κ3) is 2.46. The van der Waals surface area contributed by atoms with Gasteiger partial charge in [0.05, 0.1) is 11.4 Å². The molecule has 0 amide bonds. The van der Waals surface area contributed by atoms with Crippen LogP contribution in [0.1, 0.15) is 12.8 Å². The molecule has 1 aliphatic rings. The SMILES string of the molecule is O=S1(=O)CCCCN1c1ccc(Cl)cc1I. The van der Waals surface area contributed by atoms with Crippen LogP contribution in [0.25, 0.3) is 0 Å². The fourth-order valence-corrected chi connectivity index (χ4v) is 4.72. The van der Waals surface area contributed by atoms with Crippen LogP contribution >= 0.6 is 34.2 Å². The molecule has 0 saturated carbocycles. The lowest BCUT2D eigenvalue weighted by Gasteiger charge is -2.29. The van der Waals surface area contributed by atoms with Crippen LogP contribution in [-0.4, -0.2) is 20.7 Å². The summed E-state index contributed by atoms with van der Waals surface area (Å²) in [4.78, 5) is 0. The van der Waals surface area contributed by atoms with Crippen LogP contribution in [0.4, 0.5) is 5.69 Å². The van der Waals surface area contributed by atoms with Crippen molar-refractivity contribution in [2.45, 2.75) is 12.8 Å². The van der Waals surface area contributed by atoms with Gasteiger partial charge in [0.15, 0.2) is 0 Å². The smallest absolute Gasteiger partial charge is 0.235 e. The Morgan fingerprint density at radius 2 is 2.06 bits per heavy atom. The Morgan fingerprint density at radius 1 is 1.31 bits per heavy atom. The van der Waals surface area contributed by atoms with Gasteiger partial charge < -0.3 is 0 Å². The Balaban J connectivity index is 2.43. The normalized spacial score (nSPS) is 19.8. The highest BCUT2D eigenvalue weighted by molar-refractivity contribution is 14.1. The molecule has 1 aromatic carbocycles. The zero-order valence-corrected chi connectivity index (χ0v) is 12.2. The molecule has 0 aromatic heterocycles. The van der Waals surface area contributed by atoms with Gasteiger partial charge in [0.1, 0.15) is 0 Å². The number of hydrogen-bond acceptors (Lipinski definition) is 2. The highest BCUT2D eigenvalue weighted by Crippen LogP contribution is 2.30. The maximum absolute atomic E-state index is 11.9. The molecule has 1 aromatic rings. The van der Waals surface area contributed by atoms with Crippen LogP contribution in [0.5, 0.6) is 0 Å². The lowest BCUT2D eigenvalue weighted by molar-refractivity contribution is 0.574. The molecule has 1 aliphatic heterocycles. The van der Waals surface area contributed by atoms with E-state index in [4.69, 9.17) is 11.6 Å². The molecule has 0 atom stereocenters. The average Bonchev–Trinajstić information content (AvgIpc) is 2.19. The Hall–Kier alpha value is -0.0100. The number of benzene rings is 1. The number of rotatable bonds is 1. The number of hydrogen-bond donors (Lipinski definition) is 0. The summed E-state index contributed by atoms with van der Waals surface area (Å²) in [6, 6.07) is 5.28. The second-order valence-electron chi connectivity index (χ2n) is 3.69. The van der Waals surface area contributed by atoms with Gasteiger partial charge in [-0.1, -0.05) is 11.6 Å². The van der Waals surface area contributed by atoms with E-state index in [9.17, 15) is 8.42 Å². The van der Waals surface area contributed by atoms with Crippen molar-refractivity contribution in [2.24, 2.45) is 0 Å². The first kappa shape index (κ1) is 12.4. The van der Waals surface area contributed by atoms with Gasteiger partial charge in [-0.05, 0) is 53.6 Å². The Morgan fingerprint density at radius 3 is 2.69 bits per heavy atom. The van der Waals surface area contributed by atoms with Crippen molar-refractivity contribution in [2.75, 3.05) is 16.6 Å². The van der Waals surface area contributed by atoms with E-state index in [0.717, 1.165) is 22.1 Å². The molecule has 1 fully saturated rings. The molecule has 1 saturated heterocycles. The van der Waals surface area contributed by atoms with Crippen molar-refractivity contribution in [3.63, 3.8) is 0 Å². The first-order valence-corrected chi connectivity index (χ1v) is 8.03. The third-order valence-corrected chi connectivity index (χ3v) is 5.48. The minimum Gasteiger partial charge on any atom is -0.269 e. The quantitative estimate of drug-likeness (QED) is 0.712. The molecule has 6 heteroatoms. The molecule has 0 unspecified atom stereocenters. The van der Waals surface area contributed by atoms with Crippen LogP contribution in [0.3, 0.4) is 0 Å². The van der Waals surface area contributed by atoms with Crippen molar-refractivity contribution < 1.29 is 8.42 Å². The van der Waals surface area contributed by atoms with Gasteiger partial charge in [-0.3, -0.25) is 4.31 Å². The van der Waals surface area contributed by atoms with E-state index in [-0.39, 0.29) is 5.75 Å². The van der Waals surface area contributed by atoms with Crippen molar-refractivity contribution in [3.05, 3.63) is 26.8 Å². The molecule has 88 valence electrons. The molecule has 0 radical (unpaired) electrons. The monoisotopic (exact) mass is 371 g/mol. The van der Waals surface area contributed by atoms with Crippen LogP contribution in [-0.2, 0) is 10.0 Å². The lowest BCUT2D eigenvalue weighted by Crippen LogP contribution is -2.38.